The van der Waals surface area contributed by atoms with Crippen molar-refractivity contribution in [2.75, 3.05) is 32.5 Å². The van der Waals surface area contributed by atoms with Gasteiger partial charge in [-0.15, -0.1) is 0 Å². The van der Waals surface area contributed by atoms with Crippen molar-refractivity contribution in [1.29, 1.82) is 0 Å². The van der Waals surface area contributed by atoms with Crippen molar-refractivity contribution in [2.24, 2.45) is 5.92 Å². The maximum atomic E-state index is 5.76. The molecule has 1 atom stereocenters. The average molecular weight is 220 g/mol. The minimum atomic E-state index is 0.700. The van der Waals surface area contributed by atoms with Crippen LogP contribution in [-0.2, 0) is 11.3 Å². The summed E-state index contributed by atoms with van der Waals surface area (Å²) < 4.78 is 5.38. The molecule has 1 aliphatic rings. The van der Waals surface area contributed by atoms with Crippen LogP contribution in [0.1, 0.15) is 12.0 Å². The lowest BCUT2D eigenvalue weighted by molar-refractivity contribution is 0.173. The van der Waals surface area contributed by atoms with E-state index < -0.39 is 0 Å². The van der Waals surface area contributed by atoms with E-state index in [2.05, 4.69) is 18.0 Å². The summed E-state index contributed by atoms with van der Waals surface area (Å²) in [4.78, 5) is 2.34. The molecule has 2 N–H and O–H groups in total. The predicted octanol–water partition coefficient (Wildman–Crippen LogP) is 1.74. The number of rotatable bonds is 4. The Balaban J connectivity index is 1.84. The highest BCUT2D eigenvalue weighted by Crippen LogP contribution is 2.15. The number of hydrogen-bond donors (Lipinski definition) is 1. The smallest absolute Gasteiger partial charge is 0.0507 e. The summed E-state index contributed by atoms with van der Waals surface area (Å²) in [5, 5.41) is 0. The van der Waals surface area contributed by atoms with Crippen LogP contribution in [0.3, 0.4) is 0 Å². The minimum Gasteiger partial charge on any atom is -0.399 e. The van der Waals surface area contributed by atoms with Gasteiger partial charge in [-0.25, -0.2) is 0 Å². The molecule has 0 radical (unpaired) electrons. The fourth-order valence-electron chi connectivity index (χ4n) is 2.24. The van der Waals surface area contributed by atoms with Crippen molar-refractivity contribution in [3.63, 3.8) is 0 Å². The maximum absolute atomic E-state index is 5.76. The first-order valence-electron chi connectivity index (χ1n) is 5.85. The van der Waals surface area contributed by atoms with Crippen LogP contribution in [0.2, 0.25) is 0 Å². The Morgan fingerprint density at radius 2 is 2.38 bits per heavy atom. The molecule has 0 aliphatic carbocycles. The summed E-state index contributed by atoms with van der Waals surface area (Å²) >= 11 is 0. The summed E-state index contributed by atoms with van der Waals surface area (Å²) in [5.41, 5.74) is 7.88. The van der Waals surface area contributed by atoms with Crippen LogP contribution in [-0.4, -0.2) is 31.7 Å². The van der Waals surface area contributed by atoms with Crippen molar-refractivity contribution in [3.05, 3.63) is 29.8 Å². The SMILES string of the molecule is CN(Cc1cccc(N)c1)CC1CCOC1. The normalized spacial score (nSPS) is 20.5. The third-order valence-corrected chi connectivity index (χ3v) is 3.00. The quantitative estimate of drug-likeness (QED) is 0.785. The number of hydrogen-bond acceptors (Lipinski definition) is 3. The number of benzene rings is 1. The van der Waals surface area contributed by atoms with E-state index in [1.165, 1.54) is 12.0 Å². The number of nitrogens with zero attached hydrogens (tertiary/aromatic N) is 1. The van der Waals surface area contributed by atoms with Crippen LogP contribution in [0.15, 0.2) is 24.3 Å². The Morgan fingerprint density at radius 1 is 1.50 bits per heavy atom. The molecule has 16 heavy (non-hydrogen) atoms. The first kappa shape index (κ1) is 11.4. The summed E-state index contributed by atoms with van der Waals surface area (Å²) in [6.45, 7) is 3.91. The topological polar surface area (TPSA) is 38.5 Å². The molecule has 0 amide bonds. The Labute approximate surface area is 97.2 Å². The molecule has 1 fully saturated rings. The van der Waals surface area contributed by atoms with Gasteiger partial charge >= 0.3 is 0 Å². The van der Waals surface area contributed by atoms with Gasteiger partial charge in [0.1, 0.15) is 0 Å². The van der Waals surface area contributed by atoms with Gasteiger partial charge in [-0.3, -0.25) is 0 Å². The Bertz CT molecular complexity index is 334. The summed E-state index contributed by atoms with van der Waals surface area (Å²) in [6.07, 6.45) is 1.20. The van der Waals surface area contributed by atoms with Crippen molar-refractivity contribution in [2.45, 2.75) is 13.0 Å². The molecule has 0 bridgehead atoms. The first-order valence-corrected chi connectivity index (χ1v) is 5.85. The Kier molecular flexibility index (Phi) is 3.80. The summed E-state index contributed by atoms with van der Waals surface area (Å²) in [5.74, 6) is 0.700. The highest BCUT2D eigenvalue weighted by Gasteiger charge is 2.17. The molecular formula is C13H20N2O. The molecule has 1 unspecified atom stereocenters. The van der Waals surface area contributed by atoms with Gasteiger partial charge < -0.3 is 15.4 Å². The second kappa shape index (κ2) is 5.32. The number of anilines is 1. The second-order valence-electron chi connectivity index (χ2n) is 4.67. The molecule has 1 saturated heterocycles. The van der Waals surface area contributed by atoms with E-state index in [-0.39, 0.29) is 0 Å². The lowest BCUT2D eigenvalue weighted by Gasteiger charge is -2.20. The second-order valence-corrected chi connectivity index (χ2v) is 4.67. The Morgan fingerprint density at radius 3 is 3.06 bits per heavy atom. The van der Waals surface area contributed by atoms with E-state index in [1.807, 2.05) is 18.2 Å². The van der Waals surface area contributed by atoms with Crippen LogP contribution in [0.5, 0.6) is 0 Å². The molecule has 1 aromatic rings. The molecule has 1 aromatic carbocycles. The van der Waals surface area contributed by atoms with E-state index in [4.69, 9.17) is 10.5 Å². The molecule has 2 rings (SSSR count). The zero-order valence-electron chi connectivity index (χ0n) is 9.86. The van der Waals surface area contributed by atoms with Gasteiger partial charge in [0.05, 0.1) is 6.61 Å². The van der Waals surface area contributed by atoms with E-state index in [0.29, 0.717) is 5.92 Å². The lowest BCUT2D eigenvalue weighted by atomic mass is 10.1. The van der Waals surface area contributed by atoms with E-state index >= 15 is 0 Å². The van der Waals surface area contributed by atoms with Crippen molar-refractivity contribution < 1.29 is 4.74 Å². The van der Waals surface area contributed by atoms with Crippen molar-refractivity contribution >= 4 is 5.69 Å². The van der Waals surface area contributed by atoms with Gasteiger partial charge in [0, 0.05) is 25.4 Å². The first-order chi connectivity index (χ1) is 7.74. The standard InChI is InChI=1S/C13H20N2O/c1-15(9-12-5-6-16-10-12)8-11-3-2-4-13(14)7-11/h2-4,7,12H,5-6,8-10,14H2,1H3. The van der Waals surface area contributed by atoms with Crippen LogP contribution in [0.4, 0.5) is 5.69 Å². The van der Waals surface area contributed by atoms with Crippen molar-refractivity contribution in [1.82, 2.24) is 4.90 Å². The van der Waals surface area contributed by atoms with Crippen LogP contribution < -0.4 is 5.73 Å². The predicted molar refractivity (Wildman–Crippen MR) is 66.1 cm³/mol. The van der Waals surface area contributed by atoms with Crippen LogP contribution in [0, 0.1) is 5.92 Å². The molecular weight excluding hydrogens is 200 g/mol. The third kappa shape index (κ3) is 3.22. The molecule has 0 saturated carbocycles. The van der Waals surface area contributed by atoms with Gasteiger partial charge in [0.25, 0.3) is 0 Å². The molecule has 0 spiro atoms. The number of nitrogens with two attached hydrogens (primary N) is 1. The zero-order valence-corrected chi connectivity index (χ0v) is 9.86. The highest BCUT2D eigenvalue weighted by molar-refractivity contribution is 5.40. The van der Waals surface area contributed by atoms with Crippen LogP contribution in [0.25, 0.3) is 0 Å². The molecule has 3 heteroatoms. The van der Waals surface area contributed by atoms with Gasteiger partial charge in [-0.05, 0) is 37.1 Å². The van der Waals surface area contributed by atoms with E-state index in [1.54, 1.807) is 0 Å². The lowest BCUT2D eigenvalue weighted by Crippen LogP contribution is -2.25. The molecule has 3 nitrogen and oxygen atoms in total. The van der Waals surface area contributed by atoms with Crippen molar-refractivity contribution in [3.8, 4) is 0 Å². The van der Waals surface area contributed by atoms with E-state index in [9.17, 15) is 0 Å². The van der Waals surface area contributed by atoms with Gasteiger partial charge in [-0.1, -0.05) is 12.1 Å². The molecule has 0 aromatic heterocycles. The summed E-state index contributed by atoms with van der Waals surface area (Å²) in [7, 11) is 2.15. The fourth-order valence-corrected chi connectivity index (χ4v) is 2.24. The molecule has 88 valence electrons. The molecule has 1 heterocycles. The fraction of sp³-hybridized carbons (Fsp3) is 0.538. The Hall–Kier alpha value is -1.06. The minimum absolute atomic E-state index is 0.700. The largest absolute Gasteiger partial charge is 0.399 e. The van der Waals surface area contributed by atoms with Gasteiger partial charge in [0.2, 0.25) is 0 Å². The van der Waals surface area contributed by atoms with Crippen LogP contribution >= 0.6 is 0 Å². The van der Waals surface area contributed by atoms with Gasteiger partial charge in [0.15, 0.2) is 0 Å². The summed E-state index contributed by atoms with van der Waals surface area (Å²) in [6, 6.07) is 8.10. The van der Waals surface area contributed by atoms with E-state index in [0.717, 1.165) is 32.0 Å². The monoisotopic (exact) mass is 220 g/mol. The zero-order chi connectivity index (χ0) is 11.4. The number of ether oxygens (including phenoxy) is 1. The number of nitrogen functional groups attached to an aromatic ring is 1. The highest BCUT2D eigenvalue weighted by atomic mass is 16.5. The average Bonchev–Trinajstić information content (AvgIpc) is 2.70. The molecule has 1 aliphatic heterocycles. The maximum Gasteiger partial charge on any atom is 0.0507 e. The van der Waals surface area contributed by atoms with Gasteiger partial charge in [-0.2, -0.15) is 0 Å². The third-order valence-electron chi connectivity index (χ3n) is 3.00.